The van der Waals surface area contributed by atoms with Gasteiger partial charge in [0.2, 0.25) is 5.79 Å². The minimum Gasteiger partial charge on any atom is -0.458 e. The van der Waals surface area contributed by atoms with Crippen molar-refractivity contribution in [2.75, 3.05) is 6.61 Å². The predicted molar refractivity (Wildman–Crippen MR) is 76.5 cm³/mol. The predicted octanol–water partition coefficient (Wildman–Crippen LogP) is 2.20. The lowest BCUT2D eigenvalue weighted by Gasteiger charge is -2.60. The quantitative estimate of drug-likeness (QED) is 0.549. The van der Waals surface area contributed by atoms with Crippen molar-refractivity contribution in [1.29, 1.82) is 0 Å². The first-order valence-corrected chi connectivity index (χ1v) is 8.08. The van der Waals surface area contributed by atoms with Gasteiger partial charge in [0.1, 0.15) is 6.10 Å². The lowest BCUT2D eigenvalue weighted by molar-refractivity contribution is -0.192. The number of rotatable bonds is 1. The van der Waals surface area contributed by atoms with Crippen LogP contribution in [0.15, 0.2) is 12.2 Å². The number of hydrogen-bond donors (Lipinski definition) is 0. The fourth-order valence-corrected chi connectivity index (χ4v) is 5.12. The molecule has 2 bridgehead atoms. The molecule has 0 aromatic rings. The molecular formula is C17H22O5. The SMILES string of the molecule is C=C1C2C[C@@H](C[C@H]1OC(C)=O)[C@@]21CO[C@@]2(C[C@@H](C)C(=O)O2)C1. The first kappa shape index (κ1) is 14.2. The summed E-state index contributed by atoms with van der Waals surface area (Å²) in [7, 11) is 0. The third kappa shape index (κ3) is 1.75. The van der Waals surface area contributed by atoms with Crippen molar-refractivity contribution in [3.63, 3.8) is 0 Å². The van der Waals surface area contributed by atoms with Gasteiger partial charge in [-0.25, -0.2) is 0 Å². The van der Waals surface area contributed by atoms with Crippen molar-refractivity contribution in [2.45, 2.75) is 51.4 Å². The Bertz CT molecular complexity index is 569. The van der Waals surface area contributed by atoms with Gasteiger partial charge in [0.05, 0.1) is 12.5 Å². The Kier molecular flexibility index (Phi) is 2.81. The van der Waals surface area contributed by atoms with Gasteiger partial charge in [-0.3, -0.25) is 9.59 Å². The third-order valence-electron chi connectivity index (χ3n) is 6.20. The highest BCUT2D eigenvalue weighted by Gasteiger charge is 2.69. The Labute approximate surface area is 130 Å². The standard InChI is InChI=1S/C17H22O5/c1-9-6-17(22-15(9)19)7-16(8-20-17)12-4-13(16)10(2)14(5-12)21-11(3)18/h9,12-14H,2,4-8H2,1,3H3/t9-,12+,13?,14-,16-,17-/m1/s1. The summed E-state index contributed by atoms with van der Waals surface area (Å²) in [6, 6.07) is 0. The first-order valence-electron chi connectivity index (χ1n) is 8.08. The Morgan fingerprint density at radius 2 is 2.18 bits per heavy atom. The van der Waals surface area contributed by atoms with Crippen LogP contribution in [0.4, 0.5) is 0 Å². The Hall–Kier alpha value is -1.36. The largest absolute Gasteiger partial charge is 0.458 e. The van der Waals surface area contributed by atoms with Crippen molar-refractivity contribution in [1.82, 2.24) is 0 Å². The van der Waals surface area contributed by atoms with Gasteiger partial charge in [0, 0.05) is 25.2 Å². The smallest absolute Gasteiger partial charge is 0.311 e. The maximum absolute atomic E-state index is 11.8. The van der Waals surface area contributed by atoms with Gasteiger partial charge in [-0.1, -0.05) is 13.5 Å². The second kappa shape index (κ2) is 4.34. The molecule has 2 aliphatic heterocycles. The van der Waals surface area contributed by atoms with Crippen molar-refractivity contribution in [3.05, 3.63) is 12.2 Å². The molecule has 2 saturated heterocycles. The topological polar surface area (TPSA) is 61.8 Å². The summed E-state index contributed by atoms with van der Waals surface area (Å²) >= 11 is 0. The minimum absolute atomic E-state index is 0.0259. The molecule has 120 valence electrons. The highest BCUT2D eigenvalue weighted by molar-refractivity contribution is 5.74. The molecule has 5 nitrogen and oxygen atoms in total. The molecule has 1 unspecified atom stereocenters. The highest BCUT2D eigenvalue weighted by atomic mass is 16.7. The van der Waals surface area contributed by atoms with Crippen molar-refractivity contribution < 1.29 is 23.8 Å². The summed E-state index contributed by atoms with van der Waals surface area (Å²) in [5.41, 5.74) is 1.04. The minimum atomic E-state index is -0.720. The highest BCUT2D eigenvalue weighted by Crippen LogP contribution is 2.68. The maximum atomic E-state index is 11.8. The molecule has 0 aromatic carbocycles. The fraction of sp³-hybridized carbons (Fsp3) is 0.765. The number of carbonyl (C=O) groups is 2. The molecule has 2 saturated carbocycles. The zero-order chi connectivity index (χ0) is 15.7. The molecule has 4 rings (SSSR count). The summed E-state index contributed by atoms with van der Waals surface area (Å²) in [6.07, 6.45) is 3.15. The molecule has 4 aliphatic rings. The summed E-state index contributed by atoms with van der Waals surface area (Å²) in [5.74, 6) is -0.447. The molecule has 2 heterocycles. The lowest BCUT2D eigenvalue weighted by atomic mass is 9.44. The van der Waals surface area contributed by atoms with Crippen LogP contribution in [0, 0.1) is 23.2 Å². The fourth-order valence-electron chi connectivity index (χ4n) is 5.12. The van der Waals surface area contributed by atoms with Crippen LogP contribution in [0.2, 0.25) is 0 Å². The van der Waals surface area contributed by atoms with Gasteiger partial charge in [0.15, 0.2) is 0 Å². The molecule has 0 aromatic heterocycles. The second-order valence-electron chi connectivity index (χ2n) is 7.53. The molecule has 2 spiro atoms. The van der Waals surface area contributed by atoms with E-state index in [9.17, 15) is 9.59 Å². The van der Waals surface area contributed by atoms with Crippen LogP contribution in [0.3, 0.4) is 0 Å². The van der Waals surface area contributed by atoms with E-state index in [1.54, 1.807) is 0 Å². The Balaban J connectivity index is 1.53. The number of ether oxygens (including phenoxy) is 3. The van der Waals surface area contributed by atoms with E-state index in [4.69, 9.17) is 14.2 Å². The average Bonchev–Trinajstić information content (AvgIpc) is 2.94. The van der Waals surface area contributed by atoms with Crippen molar-refractivity contribution in [3.8, 4) is 0 Å². The molecule has 2 aliphatic carbocycles. The van der Waals surface area contributed by atoms with Crippen molar-refractivity contribution >= 4 is 11.9 Å². The van der Waals surface area contributed by atoms with Gasteiger partial charge in [-0.2, -0.15) is 0 Å². The lowest BCUT2D eigenvalue weighted by Crippen LogP contribution is -2.58. The van der Waals surface area contributed by atoms with E-state index in [-0.39, 0.29) is 29.4 Å². The molecule has 0 N–H and O–H groups in total. The average molecular weight is 306 g/mol. The van der Waals surface area contributed by atoms with Crippen molar-refractivity contribution in [2.24, 2.45) is 23.2 Å². The summed E-state index contributed by atoms with van der Waals surface area (Å²) in [4.78, 5) is 23.0. The number of fused-ring (bicyclic) bond motifs is 4. The second-order valence-corrected chi connectivity index (χ2v) is 7.53. The van der Waals surface area contributed by atoms with E-state index in [0.717, 1.165) is 24.8 Å². The molecule has 5 heteroatoms. The number of esters is 2. The van der Waals surface area contributed by atoms with Crippen LogP contribution in [0.1, 0.15) is 39.5 Å². The number of carbonyl (C=O) groups excluding carboxylic acids is 2. The molecule has 4 fully saturated rings. The maximum Gasteiger partial charge on any atom is 0.311 e. The van der Waals surface area contributed by atoms with Gasteiger partial charge < -0.3 is 14.2 Å². The molecular weight excluding hydrogens is 284 g/mol. The van der Waals surface area contributed by atoms with E-state index in [2.05, 4.69) is 6.58 Å². The van der Waals surface area contributed by atoms with Crippen LogP contribution < -0.4 is 0 Å². The van der Waals surface area contributed by atoms with Gasteiger partial charge in [-0.05, 0) is 30.3 Å². The van der Waals surface area contributed by atoms with Gasteiger partial charge in [-0.15, -0.1) is 0 Å². The van der Waals surface area contributed by atoms with Crippen LogP contribution in [0.25, 0.3) is 0 Å². The summed E-state index contributed by atoms with van der Waals surface area (Å²) in [6.45, 7) is 8.14. The van der Waals surface area contributed by atoms with E-state index < -0.39 is 5.79 Å². The third-order valence-corrected chi connectivity index (χ3v) is 6.20. The van der Waals surface area contributed by atoms with Crippen LogP contribution in [-0.2, 0) is 23.8 Å². The van der Waals surface area contributed by atoms with E-state index in [1.807, 2.05) is 6.92 Å². The summed E-state index contributed by atoms with van der Waals surface area (Å²) in [5, 5.41) is 0. The van der Waals surface area contributed by atoms with Gasteiger partial charge >= 0.3 is 11.9 Å². The van der Waals surface area contributed by atoms with Crippen LogP contribution in [0.5, 0.6) is 0 Å². The van der Waals surface area contributed by atoms with Crippen LogP contribution >= 0.6 is 0 Å². The monoisotopic (exact) mass is 306 g/mol. The van der Waals surface area contributed by atoms with E-state index in [1.165, 1.54) is 6.92 Å². The van der Waals surface area contributed by atoms with E-state index >= 15 is 0 Å². The first-order chi connectivity index (χ1) is 10.4. The molecule has 0 radical (unpaired) electrons. The molecule has 6 atom stereocenters. The zero-order valence-electron chi connectivity index (χ0n) is 13.1. The normalized spacial score (nSPS) is 49.4. The van der Waals surface area contributed by atoms with Crippen LogP contribution in [-0.4, -0.2) is 30.4 Å². The Morgan fingerprint density at radius 1 is 1.41 bits per heavy atom. The zero-order valence-corrected chi connectivity index (χ0v) is 13.1. The number of hydrogen-bond acceptors (Lipinski definition) is 5. The Morgan fingerprint density at radius 3 is 2.77 bits per heavy atom. The molecule has 22 heavy (non-hydrogen) atoms. The van der Waals surface area contributed by atoms with Gasteiger partial charge in [0.25, 0.3) is 0 Å². The molecule has 0 amide bonds. The van der Waals surface area contributed by atoms with E-state index in [0.29, 0.717) is 24.9 Å². The summed E-state index contributed by atoms with van der Waals surface area (Å²) < 4.78 is 17.0.